The molecule has 2 rings (SSSR count). The zero-order valence-corrected chi connectivity index (χ0v) is 15.5. The van der Waals surface area contributed by atoms with E-state index in [1.807, 2.05) is 0 Å². The maximum atomic E-state index is 13.4. The number of carbonyl (C=O) groups is 3. The van der Waals surface area contributed by atoms with Gasteiger partial charge in [-0.15, -0.1) is 0 Å². The van der Waals surface area contributed by atoms with Gasteiger partial charge in [0.05, 0.1) is 11.3 Å². The summed E-state index contributed by atoms with van der Waals surface area (Å²) in [4.78, 5) is 37.0. The SMILES string of the molecule is CCNC(=O)C(=O)c1c(C)c(C(=O)Nc2ccc(F)c(C)c2)c(C)n1C. The Bertz CT molecular complexity index is 900. The van der Waals surface area contributed by atoms with Gasteiger partial charge >= 0.3 is 0 Å². The lowest BCUT2D eigenvalue weighted by molar-refractivity contribution is -0.116. The zero-order valence-electron chi connectivity index (χ0n) is 15.5. The van der Waals surface area contributed by atoms with Gasteiger partial charge in [-0.3, -0.25) is 14.4 Å². The minimum atomic E-state index is -0.711. The van der Waals surface area contributed by atoms with E-state index in [2.05, 4.69) is 10.6 Å². The first-order valence-electron chi connectivity index (χ1n) is 8.24. The number of likely N-dealkylation sites (N-methyl/N-ethyl adjacent to an activating group) is 1. The summed E-state index contributed by atoms with van der Waals surface area (Å²) in [5, 5.41) is 5.18. The molecule has 2 aromatic rings. The summed E-state index contributed by atoms with van der Waals surface area (Å²) in [5.74, 6) is -2.18. The fourth-order valence-corrected chi connectivity index (χ4v) is 2.90. The van der Waals surface area contributed by atoms with Crippen LogP contribution in [0.5, 0.6) is 0 Å². The molecule has 0 bridgehead atoms. The van der Waals surface area contributed by atoms with Crippen LogP contribution in [-0.2, 0) is 11.8 Å². The van der Waals surface area contributed by atoms with Crippen LogP contribution in [-0.4, -0.2) is 28.7 Å². The van der Waals surface area contributed by atoms with E-state index in [-0.39, 0.29) is 11.5 Å². The molecule has 6 nitrogen and oxygen atoms in total. The lowest BCUT2D eigenvalue weighted by Crippen LogP contribution is -2.32. The predicted octanol–water partition coefficient (Wildman–Crippen LogP) is 2.66. The average Bonchev–Trinajstić information content (AvgIpc) is 2.80. The van der Waals surface area contributed by atoms with Crippen molar-refractivity contribution in [2.24, 2.45) is 7.05 Å². The molecule has 1 aromatic carbocycles. The summed E-state index contributed by atoms with van der Waals surface area (Å²) in [6.07, 6.45) is 0. The van der Waals surface area contributed by atoms with E-state index in [1.54, 1.807) is 34.7 Å². The van der Waals surface area contributed by atoms with E-state index in [9.17, 15) is 18.8 Å². The topological polar surface area (TPSA) is 80.2 Å². The molecular weight excluding hydrogens is 337 g/mol. The summed E-state index contributed by atoms with van der Waals surface area (Å²) in [7, 11) is 1.63. The number of aryl methyl sites for hydroxylation is 1. The van der Waals surface area contributed by atoms with Crippen molar-refractivity contribution in [1.29, 1.82) is 0 Å². The van der Waals surface area contributed by atoms with Crippen LogP contribution in [0.2, 0.25) is 0 Å². The third-order valence-electron chi connectivity index (χ3n) is 4.33. The molecule has 0 spiro atoms. The van der Waals surface area contributed by atoms with E-state index in [0.717, 1.165) is 0 Å². The minimum Gasteiger partial charge on any atom is -0.349 e. The number of benzene rings is 1. The second-order valence-corrected chi connectivity index (χ2v) is 6.10. The summed E-state index contributed by atoms with van der Waals surface area (Å²) < 4.78 is 14.9. The number of halogens is 1. The molecule has 0 fully saturated rings. The lowest BCUT2D eigenvalue weighted by atomic mass is 10.1. The number of amides is 2. The van der Waals surface area contributed by atoms with Gasteiger partial charge in [0.1, 0.15) is 5.82 Å². The van der Waals surface area contributed by atoms with Crippen LogP contribution in [0.15, 0.2) is 18.2 Å². The molecule has 0 radical (unpaired) electrons. The van der Waals surface area contributed by atoms with Crippen LogP contribution in [0.1, 0.15) is 44.6 Å². The molecule has 1 aromatic heterocycles. The number of nitrogens with zero attached hydrogens (tertiary/aromatic N) is 1. The molecule has 0 unspecified atom stereocenters. The van der Waals surface area contributed by atoms with E-state index < -0.39 is 17.6 Å². The van der Waals surface area contributed by atoms with Gasteiger partial charge in [0.15, 0.2) is 0 Å². The number of rotatable bonds is 5. The molecule has 2 amide bonds. The van der Waals surface area contributed by atoms with Crippen molar-refractivity contribution in [1.82, 2.24) is 9.88 Å². The van der Waals surface area contributed by atoms with Crippen LogP contribution in [0.3, 0.4) is 0 Å². The molecule has 26 heavy (non-hydrogen) atoms. The first kappa shape index (κ1) is 19.4. The fourth-order valence-electron chi connectivity index (χ4n) is 2.90. The molecule has 138 valence electrons. The second-order valence-electron chi connectivity index (χ2n) is 6.10. The van der Waals surface area contributed by atoms with Gasteiger partial charge in [0.2, 0.25) is 0 Å². The maximum absolute atomic E-state index is 13.4. The molecule has 0 aliphatic heterocycles. The van der Waals surface area contributed by atoms with Crippen molar-refractivity contribution in [3.05, 3.63) is 52.1 Å². The van der Waals surface area contributed by atoms with Crippen LogP contribution in [0, 0.1) is 26.6 Å². The van der Waals surface area contributed by atoms with E-state index >= 15 is 0 Å². The molecule has 7 heteroatoms. The Labute approximate surface area is 151 Å². The molecule has 0 aliphatic carbocycles. The van der Waals surface area contributed by atoms with E-state index in [0.29, 0.717) is 34.6 Å². The van der Waals surface area contributed by atoms with Gasteiger partial charge in [-0.05, 0) is 57.0 Å². The van der Waals surface area contributed by atoms with Crippen molar-refractivity contribution in [2.75, 3.05) is 11.9 Å². The molecule has 2 N–H and O–H groups in total. The Balaban J connectivity index is 2.39. The highest BCUT2D eigenvalue weighted by Gasteiger charge is 2.28. The molecule has 0 atom stereocenters. The van der Waals surface area contributed by atoms with Gasteiger partial charge in [0, 0.05) is 25.0 Å². The number of nitrogens with one attached hydrogen (secondary N) is 2. The van der Waals surface area contributed by atoms with Crippen LogP contribution >= 0.6 is 0 Å². The highest BCUT2D eigenvalue weighted by atomic mass is 19.1. The number of anilines is 1. The number of aromatic nitrogens is 1. The van der Waals surface area contributed by atoms with Crippen LogP contribution in [0.25, 0.3) is 0 Å². The van der Waals surface area contributed by atoms with Crippen molar-refractivity contribution in [3.63, 3.8) is 0 Å². The summed E-state index contributed by atoms with van der Waals surface area (Å²) >= 11 is 0. The van der Waals surface area contributed by atoms with E-state index in [4.69, 9.17) is 0 Å². The van der Waals surface area contributed by atoms with Crippen molar-refractivity contribution in [2.45, 2.75) is 27.7 Å². The van der Waals surface area contributed by atoms with Crippen molar-refractivity contribution >= 4 is 23.3 Å². The largest absolute Gasteiger partial charge is 0.349 e. The van der Waals surface area contributed by atoms with E-state index in [1.165, 1.54) is 22.8 Å². The van der Waals surface area contributed by atoms with Gasteiger partial charge in [-0.25, -0.2) is 4.39 Å². The van der Waals surface area contributed by atoms with Gasteiger partial charge < -0.3 is 15.2 Å². The molecular formula is C19H22FN3O3. The molecule has 0 saturated heterocycles. The number of hydrogen-bond acceptors (Lipinski definition) is 3. The quantitative estimate of drug-likeness (QED) is 0.636. The van der Waals surface area contributed by atoms with Gasteiger partial charge in [-0.2, -0.15) is 0 Å². The lowest BCUT2D eigenvalue weighted by Gasteiger charge is -2.07. The number of carbonyl (C=O) groups excluding carboxylic acids is 3. The number of Topliss-reactive ketones (excluding diaryl/α,β-unsaturated/α-hetero) is 1. The average molecular weight is 359 g/mol. The Morgan fingerprint density at radius 1 is 1.15 bits per heavy atom. The summed E-state index contributed by atoms with van der Waals surface area (Å²) in [6, 6.07) is 4.27. The van der Waals surface area contributed by atoms with Crippen molar-refractivity contribution in [3.8, 4) is 0 Å². The highest BCUT2D eigenvalue weighted by molar-refractivity contribution is 6.43. The predicted molar refractivity (Wildman–Crippen MR) is 97.0 cm³/mol. The Kier molecular flexibility index (Phi) is 5.59. The molecule has 0 aliphatic rings. The monoisotopic (exact) mass is 359 g/mol. The van der Waals surface area contributed by atoms with Crippen molar-refractivity contribution < 1.29 is 18.8 Å². The number of hydrogen-bond donors (Lipinski definition) is 2. The Hall–Kier alpha value is -2.96. The summed E-state index contributed by atoms with van der Waals surface area (Å²) in [6.45, 7) is 6.99. The van der Waals surface area contributed by atoms with Gasteiger partial charge in [0.25, 0.3) is 17.6 Å². The van der Waals surface area contributed by atoms with Gasteiger partial charge in [-0.1, -0.05) is 0 Å². The third kappa shape index (κ3) is 3.51. The minimum absolute atomic E-state index is 0.175. The summed E-state index contributed by atoms with van der Waals surface area (Å²) in [5.41, 5.74) is 2.35. The first-order chi connectivity index (χ1) is 12.2. The van der Waals surface area contributed by atoms with Crippen LogP contribution < -0.4 is 10.6 Å². The second kappa shape index (κ2) is 7.51. The fraction of sp³-hybridized carbons (Fsp3) is 0.316. The normalized spacial score (nSPS) is 10.5. The maximum Gasteiger partial charge on any atom is 0.293 e. The Morgan fingerprint density at radius 2 is 1.81 bits per heavy atom. The molecule has 0 saturated carbocycles. The first-order valence-corrected chi connectivity index (χ1v) is 8.24. The zero-order chi connectivity index (χ0) is 19.6. The standard InChI is InChI=1S/C19H22FN3O3/c1-6-21-19(26)17(24)16-11(3)15(12(4)23(16)5)18(25)22-13-7-8-14(20)10(2)9-13/h7-9H,6H2,1-5H3,(H,21,26)(H,22,25). The highest BCUT2D eigenvalue weighted by Crippen LogP contribution is 2.23. The van der Waals surface area contributed by atoms with Crippen LogP contribution in [0.4, 0.5) is 10.1 Å². The number of ketones is 1. The smallest absolute Gasteiger partial charge is 0.293 e. The Morgan fingerprint density at radius 3 is 2.38 bits per heavy atom. The third-order valence-corrected chi connectivity index (χ3v) is 4.33. The molecule has 1 heterocycles.